The fourth-order valence-electron chi connectivity index (χ4n) is 1.53. The van der Waals surface area contributed by atoms with Gasteiger partial charge in [-0.15, -0.1) is 12.4 Å². The highest BCUT2D eigenvalue weighted by Crippen LogP contribution is 2.32. The van der Waals surface area contributed by atoms with Gasteiger partial charge in [0, 0.05) is 16.1 Å². The maximum Gasteiger partial charge on any atom is 0.124 e. The Morgan fingerprint density at radius 3 is 2.71 bits per heavy atom. The highest BCUT2D eigenvalue weighted by molar-refractivity contribution is 9.10. The first-order valence-electron chi connectivity index (χ1n) is 4.38. The lowest BCUT2D eigenvalue weighted by molar-refractivity contribution is 0.353. The van der Waals surface area contributed by atoms with Gasteiger partial charge in [-0.2, -0.15) is 0 Å². The van der Waals surface area contributed by atoms with Gasteiger partial charge in [0.25, 0.3) is 0 Å². The molecule has 0 saturated carbocycles. The van der Waals surface area contributed by atoms with Crippen molar-refractivity contribution in [1.82, 2.24) is 5.32 Å². The number of hydrogen-bond donors (Lipinski definition) is 1. The Morgan fingerprint density at radius 2 is 2.21 bits per heavy atom. The third-order valence-corrected chi connectivity index (χ3v) is 2.89. The van der Waals surface area contributed by atoms with Gasteiger partial charge in [0.05, 0.1) is 7.11 Å². The van der Waals surface area contributed by atoms with E-state index >= 15 is 0 Å². The SMILES string of the molecule is COc1cc(Br)ccc1[C@H]1CCN1.Cl. The maximum absolute atomic E-state index is 5.31. The van der Waals surface area contributed by atoms with Crippen molar-refractivity contribution in [2.45, 2.75) is 12.5 Å². The Kier molecular flexibility index (Phi) is 4.23. The summed E-state index contributed by atoms with van der Waals surface area (Å²) in [5.74, 6) is 0.964. The largest absolute Gasteiger partial charge is 0.496 e. The van der Waals surface area contributed by atoms with Gasteiger partial charge in [-0.3, -0.25) is 0 Å². The number of methoxy groups -OCH3 is 1. The second kappa shape index (κ2) is 5.01. The molecule has 4 heteroatoms. The van der Waals surface area contributed by atoms with E-state index < -0.39 is 0 Å². The molecule has 1 heterocycles. The van der Waals surface area contributed by atoms with Crippen LogP contribution in [0.15, 0.2) is 22.7 Å². The number of nitrogens with one attached hydrogen (secondary N) is 1. The summed E-state index contributed by atoms with van der Waals surface area (Å²) in [6.45, 7) is 1.11. The van der Waals surface area contributed by atoms with Gasteiger partial charge in [-0.1, -0.05) is 22.0 Å². The summed E-state index contributed by atoms with van der Waals surface area (Å²) in [4.78, 5) is 0. The van der Waals surface area contributed by atoms with E-state index in [1.54, 1.807) is 7.11 Å². The van der Waals surface area contributed by atoms with E-state index in [0.29, 0.717) is 6.04 Å². The first kappa shape index (κ1) is 11.8. The fraction of sp³-hybridized carbons (Fsp3) is 0.400. The fourth-order valence-corrected chi connectivity index (χ4v) is 1.87. The third kappa shape index (κ3) is 2.22. The van der Waals surface area contributed by atoms with Crippen molar-refractivity contribution in [1.29, 1.82) is 0 Å². The Balaban J connectivity index is 0.000000980. The molecule has 0 unspecified atom stereocenters. The smallest absolute Gasteiger partial charge is 0.124 e. The maximum atomic E-state index is 5.31. The van der Waals surface area contributed by atoms with Gasteiger partial charge in [0.15, 0.2) is 0 Å². The molecule has 78 valence electrons. The number of halogens is 2. The average Bonchev–Trinajstić information content (AvgIpc) is 2.05. The number of ether oxygens (including phenoxy) is 1. The van der Waals surface area contributed by atoms with Crippen molar-refractivity contribution >= 4 is 28.3 Å². The van der Waals surface area contributed by atoms with Gasteiger partial charge < -0.3 is 10.1 Å². The van der Waals surface area contributed by atoms with Crippen molar-refractivity contribution in [3.05, 3.63) is 28.2 Å². The van der Waals surface area contributed by atoms with E-state index in [9.17, 15) is 0 Å². The molecule has 1 saturated heterocycles. The Labute approximate surface area is 98.6 Å². The Hall–Kier alpha value is -0.250. The summed E-state index contributed by atoms with van der Waals surface area (Å²) in [5, 5.41) is 3.36. The zero-order chi connectivity index (χ0) is 9.26. The first-order valence-corrected chi connectivity index (χ1v) is 5.17. The third-order valence-electron chi connectivity index (χ3n) is 2.39. The standard InChI is InChI=1S/C10H12BrNO.ClH/c1-13-10-6-7(11)2-3-8(10)9-4-5-12-9;/h2-3,6,9,12H,4-5H2,1H3;1H/t9-;/m1./s1. The summed E-state index contributed by atoms with van der Waals surface area (Å²) < 4.78 is 6.38. The minimum atomic E-state index is 0. The van der Waals surface area contributed by atoms with E-state index in [4.69, 9.17) is 4.74 Å². The van der Waals surface area contributed by atoms with Gasteiger partial charge in [0.2, 0.25) is 0 Å². The molecule has 1 aliphatic rings. The molecule has 14 heavy (non-hydrogen) atoms. The van der Waals surface area contributed by atoms with Gasteiger partial charge in [-0.25, -0.2) is 0 Å². The predicted octanol–water partition coefficient (Wildman–Crippen LogP) is 2.91. The van der Waals surface area contributed by atoms with Crippen molar-refractivity contribution in [3.8, 4) is 5.75 Å². The van der Waals surface area contributed by atoms with Crippen LogP contribution in [0, 0.1) is 0 Å². The molecule has 2 nitrogen and oxygen atoms in total. The van der Waals surface area contributed by atoms with Gasteiger partial charge >= 0.3 is 0 Å². The monoisotopic (exact) mass is 277 g/mol. The number of benzene rings is 1. The average molecular weight is 279 g/mol. The molecule has 0 radical (unpaired) electrons. The second-order valence-corrected chi connectivity index (χ2v) is 4.10. The molecule has 1 aromatic carbocycles. The van der Waals surface area contributed by atoms with Crippen LogP contribution in [0.3, 0.4) is 0 Å². The zero-order valence-electron chi connectivity index (χ0n) is 7.92. The quantitative estimate of drug-likeness (QED) is 0.898. The molecule has 0 bridgehead atoms. The summed E-state index contributed by atoms with van der Waals surface area (Å²) in [6, 6.07) is 6.66. The number of rotatable bonds is 2. The van der Waals surface area contributed by atoms with E-state index in [-0.39, 0.29) is 12.4 Å². The minimum absolute atomic E-state index is 0. The van der Waals surface area contributed by atoms with E-state index in [1.165, 1.54) is 12.0 Å². The van der Waals surface area contributed by atoms with Crippen molar-refractivity contribution in [2.24, 2.45) is 0 Å². The van der Waals surface area contributed by atoms with Crippen LogP contribution < -0.4 is 10.1 Å². The molecule has 1 atom stereocenters. The summed E-state index contributed by atoms with van der Waals surface area (Å²) in [5.41, 5.74) is 1.26. The summed E-state index contributed by atoms with van der Waals surface area (Å²) in [6.07, 6.45) is 1.21. The second-order valence-electron chi connectivity index (χ2n) is 3.18. The highest BCUT2D eigenvalue weighted by Gasteiger charge is 2.21. The van der Waals surface area contributed by atoms with Crippen LogP contribution >= 0.6 is 28.3 Å². The van der Waals surface area contributed by atoms with Crippen molar-refractivity contribution in [3.63, 3.8) is 0 Å². The molecule has 0 amide bonds. The Morgan fingerprint density at radius 1 is 1.50 bits per heavy atom. The molecule has 0 spiro atoms. The normalized spacial score (nSPS) is 19.4. The lowest BCUT2D eigenvalue weighted by atomic mass is 9.97. The molecule has 1 N–H and O–H groups in total. The lowest BCUT2D eigenvalue weighted by Gasteiger charge is -2.29. The molecule has 0 aromatic heterocycles. The molecular weight excluding hydrogens is 265 g/mol. The van der Waals surface area contributed by atoms with Gasteiger partial charge in [-0.05, 0) is 25.1 Å². The summed E-state index contributed by atoms with van der Waals surface area (Å²) in [7, 11) is 1.71. The molecular formula is C10H13BrClNO. The van der Waals surface area contributed by atoms with Crippen LogP contribution in [0.4, 0.5) is 0 Å². The van der Waals surface area contributed by atoms with E-state index in [0.717, 1.165) is 16.8 Å². The molecule has 1 aromatic rings. The van der Waals surface area contributed by atoms with Gasteiger partial charge in [0.1, 0.15) is 5.75 Å². The molecule has 1 fully saturated rings. The summed E-state index contributed by atoms with van der Waals surface area (Å²) >= 11 is 3.43. The molecule has 1 aliphatic heterocycles. The highest BCUT2D eigenvalue weighted by atomic mass is 79.9. The zero-order valence-corrected chi connectivity index (χ0v) is 10.3. The van der Waals surface area contributed by atoms with Crippen LogP contribution in [0.1, 0.15) is 18.0 Å². The van der Waals surface area contributed by atoms with Crippen LogP contribution in [-0.2, 0) is 0 Å². The van der Waals surface area contributed by atoms with Crippen LogP contribution in [0.5, 0.6) is 5.75 Å². The minimum Gasteiger partial charge on any atom is -0.496 e. The first-order chi connectivity index (χ1) is 6.31. The topological polar surface area (TPSA) is 21.3 Å². The van der Waals surface area contributed by atoms with Crippen molar-refractivity contribution in [2.75, 3.05) is 13.7 Å². The van der Waals surface area contributed by atoms with Crippen LogP contribution in [-0.4, -0.2) is 13.7 Å². The van der Waals surface area contributed by atoms with Crippen LogP contribution in [0.25, 0.3) is 0 Å². The number of hydrogen-bond acceptors (Lipinski definition) is 2. The van der Waals surface area contributed by atoms with E-state index in [1.807, 2.05) is 6.07 Å². The van der Waals surface area contributed by atoms with Crippen LogP contribution in [0.2, 0.25) is 0 Å². The Bertz CT molecular complexity index is 315. The van der Waals surface area contributed by atoms with E-state index in [2.05, 4.69) is 33.4 Å². The lowest BCUT2D eigenvalue weighted by Crippen LogP contribution is -2.35. The molecule has 2 rings (SSSR count). The predicted molar refractivity (Wildman–Crippen MR) is 63.3 cm³/mol. The molecule has 0 aliphatic carbocycles. The van der Waals surface area contributed by atoms with Crippen molar-refractivity contribution < 1.29 is 4.74 Å².